The van der Waals surface area contributed by atoms with Gasteiger partial charge in [0, 0.05) is 0 Å². The first kappa shape index (κ1) is 36.6. The number of fused-ring (bicyclic) bond motifs is 5. The molecule has 10 rings (SSSR count). The molecule has 4 aliphatic rings. The molecule has 0 nitrogen and oxygen atoms in total. The second kappa shape index (κ2) is 14.0. The van der Waals surface area contributed by atoms with E-state index >= 15 is 0 Å². The molecule has 3 aliphatic carbocycles. The zero-order valence-electron chi connectivity index (χ0n) is 31.3. The van der Waals surface area contributed by atoms with Crippen LogP contribution in [-0.4, -0.2) is 0 Å². The summed E-state index contributed by atoms with van der Waals surface area (Å²) in [6.45, 7) is 9.96. The first-order valence-electron chi connectivity index (χ1n) is 19.6. The molecule has 0 spiro atoms. The number of hydrogen-bond donors (Lipinski definition) is 0. The molecule has 53 heavy (non-hydrogen) atoms. The van der Waals surface area contributed by atoms with Crippen molar-refractivity contribution in [2.24, 2.45) is 11.8 Å². The molecule has 0 bridgehead atoms. The first-order valence-corrected chi connectivity index (χ1v) is 23.2. The second-order valence-corrected chi connectivity index (χ2v) is 23.9. The van der Waals surface area contributed by atoms with Crippen molar-refractivity contribution in [1.29, 1.82) is 0 Å². The van der Waals surface area contributed by atoms with Crippen LogP contribution in [-0.2, 0) is 16.6 Å². The first-order chi connectivity index (χ1) is 25.0. The van der Waals surface area contributed by atoms with Crippen molar-refractivity contribution in [2.75, 3.05) is 0 Å². The summed E-state index contributed by atoms with van der Waals surface area (Å²) < 4.78 is 3.11. The quantitative estimate of drug-likeness (QED) is 0.149. The number of benzene rings is 6. The van der Waals surface area contributed by atoms with E-state index in [1.54, 1.807) is 22.3 Å². The predicted molar refractivity (Wildman–Crippen MR) is 216 cm³/mol. The molecule has 1 aliphatic heterocycles. The van der Waals surface area contributed by atoms with Crippen LogP contribution >= 0.6 is 0 Å². The molecular weight excluding hydrogens is 719 g/mol. The van der Waals surface area contributed by atoms with Crippen molar-refractivity contribution in [3.63, 3.8) is 0 Å². The van der Waals surface area contributed by atoms with Gasteiger partial charge >= 0.3 is 309 Å². The van der Waals surface area contributed by atoms with Crippen LogP contribution in [0.1, 0.15) is 84.1 Å². The third kappa shape index (κ3) is 5.42. The van der Waals surface area contributed by atoms with Gasteiger partial charge in [-0.05, 0) is 0 Å². The Morgan fingerprint density at radius 3 is 1.26 bits per heavy atom. The van der Waals surface area contributed by atoms with E-state index < -0.39 is 16.6 Å². The molecule has 4 atom stereocenters. The van der Waals surface area contributed by atoms with Crippen molar-refractivity contribution in [2.45, 2.75) is 70.3 Å². The van der Waals surface area contributed by atoms with E-state index in [1.807, 2.05) is 0 Å². The molecule has 0 N–H and O–H groups in total. The zero-order valence-corrected chi connectivity index (χ0v) is 34.3. The summed E-state index contributed by atoms with van der Waals surface area (Å²) in [7, 11) is 0. The minimum atomic E-state index is -2.81. The molecule has 1 heterocycles. The van der Waals surface area contributed by atoms with Gasteiger partial charge in [0.25, 0.3) is 0 Å². The summed E-state index contributed by atoms with van der Waals surface area (Å²) in [6.07, 6.45) is 11.2. The minimum Gasteiger partial charge on any atom is -1.00 e. The van der Waals surface area contributed by atoms with Crippen LogP contribution in [0.5, 0.6) is 0 Å². The van der Waals surface area contributed by atoms with E-state index in [9.17, 15) is 0 Å². The molecule has 6 aromatic rings. The standard InChI is InChI=1S/2C22H19.C6H10.2ClH.Ti/c2*1-15(2)18-13-17-9-6-12-21(22(17)14-18)20-11-5-8-16-7-3-4-10-19(16)20;1-2-4-6-5-3-1;;;/h2*3-15H,1-2H3;1-2H,3-6H2;2*1H;/q;;;;;+2/p-2. The van der Waals surface area contributed by atoms with E-state index in [4.69, 9.17) is 0 Å². The number of halogens is 2. The van der Waals surface area contributed by atoms with Crippen LogP contribution in [0.15, 0.2) is 132 Å². The maximum Gasteiger partial charge on any atom is -1.00 e. The molecule has 0 amide bonds. The van der Waals surface area contributed by atoms with Gasteiger partial charge in [0.15, 0.2) is 0 Å². The fourth-order valence-corrected chi connectivity index (χ4v) is 26.2. The fourth-order valence-electron chi connectivity index (χ4n) is 11.6. The van der Waals surface area contributed by atoms with E-state index in [2.05, 4.69) is 161 Å². The van der Waals surface area contributed by atoms with Crippen LogP contribution < -0.4 is 24.8 Å². The Morgan fingerprint density at radius 2 is 0.830 bits per heavy atom. The van der Waals surface area contributed by atoms with Crippen molar-refractivity contribution in [1.82, 2.24) is 0 Å². The van der Waals surface area contributed by atoms with Crippen LogP contribution in [0, 0.1) is 11.8 Å². The maximum absolute atomic E-state index is 2.81. The van der Waals surface area contributed by atoms with E-state index in [0.717, 1.165) is 8.45 Å². The SMILES string of the molecule is CC(C)C1=Cc2c(-c3cccc4ccccc34)cccc2[CH]1[Ti+2]1([CH]2C(C(C)C)=Cc3c(-c4cccc5ccccc45)cccc32)[CH]2CCCC[CH]21.[Cl-].[Cl-]. The summed E-state index contributed by atoms with van der Waals surface area (Å²) in [6, 6.07) is 46.5. The maximum atomic E-state index is 2.71. The van der Waals surface area contributed by atoms with Crippen LogP contribution in [0.3, 0.4) is 0 Å². The van der Waals surface area contributed by atoms with Gasteiger partial charge in [0.2, 0.25) is 0 Å². The van der Waals surface area contributed by atoms with Gasteiger partial charge in [-0.2, -0.15) is 0 Å². The Labute approximate surface area is 332 Å². The Morgan fingerprint density at radius 1 is 0.453 bits per heavy atom. The van der Waals surface area contributed by atoms with Crippen molar-refractivity contribution >= 4 is 33.7 Å². The second-order valence-electron chi connectivity index (χ2n) is 16.6. The Bertz CT molecular complexity index is 2250. The van der Waals surface area contributed by atoms with Crippen molar-refractivity contribution in [3.8, 4) is 22.3 Å². The fraction of sp³-hybridized carbons (Fsp3) is 0.280. The van der Waals surface area contributed by atoms with Gasteiger partial charge in [0.05, 0.1) is 0 Å². The molecule has 0 aromatic heterocycles. The number of rotatable bonds is 6. The Kier molecular flexibility index (Phi) is 9.69. The van der Waals surface area contributed by atoms with E-state index in [-0.39, 0.29) is 24.8 Å². The normalized spacial score (nSPS) is 22.7. The van der Waals surface area contributed by atoms with Crippen LogP contribution in [0.4, 0.5) is 0 Å². The molecule has 2 fully saturated rings. The molecule has 1 saturated heterocycles. The molecule has 4 unspecified atom stereocenters. The summed E-state index contributed by atoms with van der Waals surface area (Å²) >= 11 is -2.81. The largest absolute Gasteiger partial charge is 1.00 e. The van der Waals surface area contributed by atoms with Crippen LogP contribution in [0.25, 0.3) is 56.0 Å². The molecule has 0 radical (unpaired) electrons. The Hall–Kier alpha value is -3.39. The molecule has 3 heteroatoms. The Balaban J connectivity index is 0.00000200. The average Bonchev–Trinajstić information content (AvgIpc) is 3.42. The minimum absolute atomic E-state index is 0. The smallest absolute Gasteiger partial charge is 1.00 e. The van der Waals surface area contributed by atoms with E-state index in [1.165, 1.54) is 80.6 Å². The molecule has 266 valence electrons. The number of hydrogen-bond acceptors (Lipinski definition) is 0. The van der Waals surface area contributed by atoms with Crippen LogP contribution in [0.2, 0.25) is 8.45 Å². The summed E-state index contributed by atoms with van der Waals surface area (Å²) in [5, 5.41) is 5.38. The van der Waals surface area contributed by atoms with Gasteiger partial charge in [-0.1, -0.05) is 0 Å². The summed E-state index contributed by atoms with van der Waals surface area (Å²) in [4.78, 5) is 0. The summed E-state index contributed by atoms with van der Waals surface area (Å²) in [5.41, 5.74) is 15.5. The monoisotopic (exact) mass is 766 g/mol. The number of allylic oxidation sites excluding steroid dienone is 2. The van der Waals surface area contributed by atoms with E-state index in [0.29, 0.717) is 20.3 Å². The van der Waals surface area contributed by atoms with Gasteiger partial charge in [-0.15, -0.1) is 0 Å². The topological polar surface area (TPSA) is 0 Å². The van der Waals surface area contributed by atoms with Crippen molar-refractivity contribution in [3.05, 3.63) is 155 Å². The summed E-state index contributed by atoms with van der Waals surface area (Å²) in [5.74, 6) is 1.06. The molecule has 6 aromatic carbocycles. The van der Waals surface area contributed by atoms with Gasteiger partial charge in [0.1, 0.15) is 0 Å². The van der Waals surface area contributed by atoms with Crippen molar-refractivity contribution < 1.29 is 41.4 Å². The third-order valence-electron chi connectivity index (χ3n) is 13.6. The average molecular weight is 768 g/mol. The predicted octanol–water partition coefficient (Wildman–Crippen LogP) is 8.54. The zero-order chi connectivity index (χ0) is 34.4. The molecular formula is C50H48Cl2Ti. The molecule has 1 saturated carbocycles. The van der Waals surface area contributed by atoms with Gasteiger partial charge in [-0.3, -0.25) is 0 Å². The van der Waals surface area contributed by atoms with Gasteiger partial charge < -0.3 is 24.8 Å². The van der Waals surface area contributed by atoms with Gasteiger partial charge in [-0.25, -0.2) is 0 Å². The third-order valence-corrected chi connectivity index (χ3v) is 24.3.